The molecule has 0 aliphatic rings. The Morgan fingerprint density at radius 3 is 1.39 bits per heavy atom. The number of allylic oxidation sites excluding steroid dienone is 4. The molecule has 10 heteroatoms. The number of likely N-dealkylation sites (N-methyl/N-ethyl adjacent to an activating group) is 1. The van der Waals surface area contributed by atoms with Gasteiger partial charge >= 0.3 is 19.8 Å². The third kappa shape index (κ3) is 40.2. The third-order valence-electron chi connectivity index (χ3n) is 9.45. The van der Waals surface area contributed by atoms with Crippen LogP contribution in [0.1, 0.15) is 194 Å². The average molecular weight is 787 g/mol. The van der Waals surface area contributed by atoms with Crippen LogP contribution in [0.25, 0.3) is 0 Å². The monoisotopic (exact) mass is 787 g/mol. The quantitative estimate of drug-likeness (QED) is 0.0215. The van der Waals surface area contributed by atoms with Gasteiger partial charge in [-0.1, -0.05) is 141 Å². The lowest BCUT2D eigenvalue weighted by atomic mass is 10.1. The Labute approximate surface area is 332 Å². The van der Waals surface area contributed by atoms with E-state index in [1.165, 1.54) is 96.3 Å². The van der Waals surface area contributed by atoms with Gasteiger partial charge in [0.1, 0.15) is 19.8 Å². The number of phosphoric ester groups is 1. The lowest BCUT2D eigenvalue weighted by Gasteiger charge is -2.24. The summed E-state index contributed by atoms with van der Waals surface area (Å²) in [4.78, 5) is 35.3. The highest BCUT2D eigenvalue weighted by atomic mass is 31.2. The topological polar surface area (TPSA) is 108 Å². The molecule has 0 heterocycles. The summed E-state index contributed by atoms with van der Waals surface area (Å²) >= 11 is 0. The van der Waals surface area contributed by atoms with E-state index >= 15 is 0 Å². The number of carbonyl (C=O) groups excluding carboxylic acids is 2. The number of hydrogen-bond acceptors (Lipinski definition) is 7. The standard InChI is InChI=1S/C44H84NO8P/c1-6-8-10-12-14-16-18-20-22-24-26-28-30-32-34-36-43(46)50-40-42(41-52-54(48,49)51-39-38-45(3,4)5)53-44(47)37-35-33-31-29-27-25-23-21-19-17-15-13-11-9-7-2/h20,22,25,27,42H,6-19,21,23-24,26,28-41H2,1-5H3/p+1/b22-20+,27-25+/t42-/m1/s1. The van der Waals surface area contributed by atoms with Gasteiger partial charge in [0.25, 0.3) is 0 Å². The van der Waals surface area contributed by atoms with Crippen molar-refractivity contribution < 1.29 is 42.1 Å². The molecule has 0 aromatic rings. The van der Waals surface area contributed by atoms with Crippen LogP contribution in [0.3, 0.4) is 0 Å². The molecule has 0 spiro atoms. The van der Waals surface area contributed by atoms with E-state index in [2.05, 4.69) is 38.2 Å². The molecule has 0 radical (unpaired) electrons. The Bertz CT molecular complexity index is 980. The van der Waals surface area contributed by atoms with Gasteiger partial charge in [0.05, 0.1) is 27.7 Å². The molecule has 0 aliphatic carbocycles. The second-order valence-electron chi connectivity index (χ2n) is 16.1. The fraction of sp³-hybridized carbons (Fsp3) is 0.864. The lowest BCUT2D eigenvalue weighted by Crippen LogP contribution is -2.37. The van der Waals surface area contributed by atoms with Crippen molar-refractivity contribution in [2.24, 2.45) is 0 Å². The molecular weight excluding hydrogens is 701 g/mol. The summed E-state index contributed by atoms with van der Waals surface area (Å²) in [5.74, 6) is -0.823. The Hall–Kier alpha value is -1.51. The summed E-state index contributed by atoms with van der Waals surface area (Å²) in [6.07, 6.45) is 39.3. The van der Waals surface area contributed by atoms with Crippen LogP contribution in [-0.2, 0) is 32.7 Å². The number of nitrogens with zero attached hydrogens (tertiary/aromatic N) is 1. The molecule has 0 aliphatic heterocycles. The Morgan fingerprint density at radius 1 is 0.556 bits per heavy atom. The Morgan fingerprint density at radius 2 is 0.944 bits per heavy atom. The van der Waals surface area contributed by atoms with E-state index in [-0.39, 0.29) is 32.0 Å². The maximum absolute atomic E-state index is 12.7. The predicted octanol–water partition coefficient (Wildman–Crippen LogP) is 12.4. The van der Waals surface area contributed by atoms with Gasteiger partial charge in [-0.05, 0) is 64.2 Å². The van der Waals surface area contributed by atoms with Crippen LogP contribution < -0.4 is 0 Å². The van der Waals surface area contributed by atoms with E-state index in [0.717, 1.165) is 64.2 Å². The van der Waals surface area contributed by atoms with E-state index in [0.29, 0.717) is 17.4 Å². The van der Waals surface area contributed by atoms with Crippen molar-refractivity contribution in [3.8, 4) is 0 Å². The summed E-state index contributed by atoms with van der Waals surface area (Å²) in [7, 11) is 1.47. The van der Waals surface area contributed by atoms with Crippen molar-refractivity contribution in [2.45, 2.75) is 200 Å². The van der Waals surface area contributed by atoms with Crippen LogP contribution in [-0.4, -0.2) is 74.9 Å². The van der Waals surface area contributed by atoms with E-state index < -0.39 is 26.5 Å². The highest BCUT2D eigenvalue weighted by Gasteiger charge is 2.27. The van der Waals surface area contributed by atoms with Crippen molar-refractivity contribution in [3.63, 3.8) is 0 Å². The van der Waals surface area contributed by atoms with Gasteiger partial charge in [-0.15, -0.1) is 0 Å². The fourth-order valence-electron chi connectivity index (χ4n) is 5.94. The Balaban J connectivity index is 4.39. The molecule has 1 unspecified atom stereocenters. The molecule has 0 fully saturated rings. The van der Waals surface area contributed by atoms with Crippen LogP contribution in [0.15, 0.2) is 24.3 Å². The van der Waals surface area contributed by atoms with Crippen molar-refractivity contribution in [1.29, 1.82) is 0 Å². The fourth-order valence-corrected chi connectivity index (χ4v) is 6.69. The van der Waals surface area contributed by atoms with E-state index in [1.54, 1.807) is 0 Å². The van der Waals surface area contributed by atoms with Gasteiger partial charge < -0.3 is 18.9 Å². The van der Waals surface area contributed by atoms with Gasteiger partial charge in [0.15, 0.2) is 6.10 Å². The van der Waals surface area contributed by atoms with Crippen molar-refractivity contribution in [3.05, 3.63) is 24.3 Å². The van der Waals surface area contributed by atoms with E-state index in [1.807, 2.05) is 21.1 Å². The molecular formula is C44H85NO8P+. The summed E-state index contributed by atoms with van der Waals surface area (Å²) in [6, 6.07) is 0. The van der Waals surface area contributed by atoms with Crippen LogP contribution in [0, 0.1) is 0 Å². The van der Waals surface area contributed by atoms with Crippen molar-refractivity contribution in [2.75, 3.05) is 47.5 Å². The number of ether oxygens (including phenoxy) is 2. The van der Waals surface area contributed by atoms with Gasteiger partial charge in [0, 0.05) is 12.8 Å². The maximum Gasteiger partial charge on any atom is 0.472 e. The first-order valence-electron chi connectivity index (χ1n) is 22.1. The first kappa shape index (κ1) is 52.5. The van der Waals surface area contributed by atoms with Crippen LogP contribution in [0.2, 0.25) is 0 Å². The highest BCUT2D eigenvalue weighted by molar-refractivity contribution is 7.47. The zero-order valence-electron chi connectivity index (χ0n) is 35.7. The predicted molar refractivity (Wildman–Crippen MR) is 224 cm³/mol. The number of esters is 2. The molecule has 0 amide bonds. The van der Waals surface area contributed by atoms with Crippen LogP contribution in [0.5, 0.6) is 0 Å². The molecule has 54 heavy (non-hydrogen) atoms. The second kappa shape index (κ2) is 37.1. The van der Waals surface area contributed by atoms with Crippen LogP contribution >= 0.6 is 7.82 Å². The number of quaternary nitrogens is 1. The molecule has 1 N–H and O–H groups in total. The molecule has 0 saturated heterocycles. The summed E-state index contributed by atoms with van der Waals surface area (Å²) in [5, 5.41) is 0. The summed E-state index contributed by atoms with van der Waals surface area (Å²) in [5.41, 5.74) is 0. The number of rotatable bonds is 40. The molecule has 0 rings (SSSR count). The molecule has 0 bridgehead atoms. The van der Waals surface area contributed by atoms with Gasteiger partial charge in [0.2, 0.25) is 0 Å². The normalized spacial score (nSPS) is 13.8. The Kier molecular flexibility index (Phi) is 36.1. The van der Waals surface area contributed by atoms with E-state index in [9.17, 15) is 19.0 Å². The summed E-state index contributed by atoms with van der Waals surface area (Å²) < 4.78 is 34.3. The molecule has 318 valence electrons. The van der Waals surface area contributed by atoms with E-state index in [4.69, 9.17) is 18.5 Å². The SMILES string of the molecule is CCCCCCCC/C=C/CCCCCCCC(=O)OC[C@H](COP(=O)(O)OCC[N+](C)(C)C)OC(=O)CCCCC/C=C/CCCCCCCCCC. The molecule has 0 aromatic carbocycles. The second-order valence-corrected chi connectivity index (χ2v) is 17.5. The number of carbonyl (C=O) groups is 2. The minimum absolute atomic E-state index is 0.0288. The molecule has 2 atom stereocenters. The van der Waals surface area contributed by atoms with Gasteiger partial charge in [-0.3, -0.25) is 18.6 Å². The zero-order chi connectivity index (χ0) is 40.0. The zero-order valence-corrected chi connectivity index (χ0v) is 36.6. The summed E-state index contributed by atoms with van der Waals surface area (Å²) in [6.45, 7) is 4.39. The molecule has 0 aromatic heterocycles. The smallest absolute Gasteiger partial charge is 0.462 e. The molecule has 0 saturated carbocycles. The number of unbranched alkanes of at least 4 members (excludes halogenated alkanes) is 22. The lowest BCUT2D eigenvalue weighted by molar-refractivity contribution is -0.870. The van der Waals surface area contributed by atoms with Crippen LogP contribution in [0.4, 0.5) is 0 Å². The largest absolute Gasteiger partial charge is 0.472 e. The first-order valence-corrected chi connectivity index (χ1v) is 23.6. The van der Waals surface area contributed by atoms with Crippen molar-refractivity contribution >= 4 is 19.8 Å². The number of phosphoric acid groups is 1. The first-order chi connectivity index (χ1) is 26.0. The maximum atomic E-state index is 12.7. The minimum Gasteiger partial charge on any atom is -0.462 e. The average Bonchev–Trinajstić information content (AvgIpc) is 3.12. The molecule has 9 nitrogen and oxygen atoms in total. The highest BCUT2D eigenvalue weighted by Crippen LogP contribution is 2.43. The minimum atomic E-state index is -4.38. The number of hydrogen-bond donors (Lipinski definition) is 1. The third-order valence-corrected chi connectivity index (χ3v) is 10.4. The van der Waals surface area contributed by atoms with Gasteiger partial charge in [-0.25, -0.2) is 4.57 Å². The van der Waals surface area contributed by atoms with Gasteiger partial charge in [-0.2, -0.15) is 0 Å². The van der Waals surface area contributed by atoms with Crippen molar-refractivity contribution in [1.82, 2.24) is 0 Å².